The number of urea groups is 1. The Balaban J connectivity index is 4.38. The average Bonchev–Trinajstić information content (AvgIpc) is 2.26. The summed E-state index contributed by atoms with van der Waals surface area (Å²) >= 11 is 0. The van der Waals surface area contributed by atoms with Crippen molar-refractivity contribution in [1.82, 2.24) is 10.2 Å². The number of aliphatic carboxylic acids is 1. The third-order valence-electron chi connectivity index (χ3n) is 2.81. The molecule has 0 aliphatic heterocycles. The van der Waals surface area contributed by atoms with Crippen LogP contribution in [0.2, 0.25) is 0 Å². The number of rotatable bonds is 6. The lowest BCUT2D eigenvalue weighted by Crippen LogP contribution is -2.49. The molecule has 0 heterocycles. The lowest BCUT2D eigenvalue weighted by atomic mass is 10.1. The lowest BCUT2D eigenvalue weighted by Gasteiger charge is -2.27. The molecule has 0 fully saturated rings. The largest absolute Gasteiger partial charge is 0.480 e. The van der Waals surface area contributed by atoms with Crippen LogP contribution in [0.15, 0.2) is 0 Å². The number of hydrogen-bond donors (Lipinski definition) is 2. The van der Waals surface area contributed by atoms with E-state index in [1.165, 1.54) is 0 Å². The lowest BCUT2D eigenvalue weighted by molar-refractivity contribution is -0.139. The maximum atomic E-state index is 11.7. The fourth-order valence-corrected chi connectivity index (χ4v) is 1.59. The van der Waals surface area contributed by atoms with E-state index in [9.17, 15) is 9.59 Å². The number of carboxylic acid groups (broad SMARTS) is 1. The Kier molecular flexibility index (Phi) is 6.53. The van der Waals surface area contributed by atoms with E-state index in [0.717, 1.165) is 12.8 Å². The monoisotopic (exact) mass is 230 g/mol. The number of amides is 2. The standard InChI is InChI=1S/C11H22N2O3/c1-5-8(6-2)13(4)11(16)12-9(7-3)10(14)15/h8-9H,5-7H2,1-4H3,(H,12,16)(H,14,15). The van der Waals surface area contributed by atoms with Crippen molar-refractivity contribution in [2.24, 2.45) is 0 Å². The van der Waals surface area contributed by atoms with Gasteiger partial charge in [0.2, 0.25) is 0 Å². The maximum absolute atomic E-state index is 11.7. The first-order valence-corrected chi connectivity index (χ1v) is 5.73. The Hall–Kier alpha value is -1.26. The second-order valence-corrected chi connectivity index (χ2v) is 3.83. The van der Waals surface area contributed by atoms with E-state index in [1.807, 2.05) is 13.8 Å². The fourth-order valence-electron chi connectivity index (χ4n) is 1.59. The first-order chi connectivity index (χ1) is 7.47. The molecule has 0 spiro atoms. The van der Waals surface area contributed by atoms with Crippen LogP contribution in [0, 0.1) is 0 Å². The molecule has 1 atom stereocenters. The van der Waals surface area contributed by atoms with Crippen molar-refractivity contribution in [1.29, 1.82) is 0 Å². The van der Waals surface area contributed by atoms with Gasteiger partial charge >= 0.3 is 12.0 Å². The third-order valence-corrected chi connectivity index (χ3v) is 2.81. The minimum absolute atomic E-state index is 0.159. The average molecular weight is 230 g/mol. The van der Waals surface area contributed by atoms with Crippen LogP contribution in [-0.4, -0.2) is 41.1 Å². The second-order valence-electron chi connectivity index (χ2n) is 3.83. The van der Waals surface area contributed by atoms with Crippen LogP contribution < -0.4 is 5.32 Å². The quantitative estimate of drug-likeness (QED) is 0.729. The highest BCUT2D eigenvalue weighted by Gasteiger charge is 2.22. The van der Waals surface area contributed by atoms with Gasteiger partial charge in [-0.1, -0.05) is 20.8 Å². The topological polar surface area (TPSA) is 69.6 Å². The SMILES string of the molecule is CCC(NC(=O)N(C)C(CC)CC)C(=O)O. The molecule has 5 heteroatoms. The molecule has 0 radical (unpaired) electrons. The Morgan fingerprint density at radius 1 is 1.19 bits per heavy atom. The number of carbonyl (C=O) groups is 2. The van der Waals surface area contributed by atoms with Gasteiger partial charge in [-0.3, -0.25) is 0 Å². The van der Waals surface area contributed by atoms with Crippen molar-refractivity contribution >= 4 is 12.0 Å². The molecule has 0 bridgehead atoms. The summed E-state index contributed by atoms with van der Waals surface area (Å²) in [5, 5.41) is 11.3. The minimum atomic E-state index is -0.992. The van der Waals surface area contributed by atoms with Crippen LogP contribution in [-0.2, 0) is 4.79 Å². The van der Waals surface area contributed by atoms with Crippen molar-refractivity contribution in [2.75, 3.05) is 7.05 Å². The van der Waals surface area contributed by atoms with Gasteiger partial charge in [-0.25, -0.2) is 9.59 Å². The van der Waals surface area contributed by atoms with E-state index in [0.29, 0.717) is 6.42 Å². The molecule has 2 amide bonds. The zero-order chi connectivity index (χ0) is 12.7. The van der Waals surface area contributed by atoms with Gasteiger partial charge in [0.25, 0.3) is 0 Å². The van der Waals surface area contributed by atoms with Crippen LogP contribution >= 0.6 is 0 Å². The van der Waals surface area contributed by atoms with Crippen molar-refractivity contribution < 1.29 is 14.7 Å². The minimum Gasteiger partial charge on any atom is -0.480 e. The summed E-state index contributed by atoms with van der Waals surface area (Å²) in [7, 11) is 1.70. The fraction of sp³-hybridized carbons (Fsp3) is 0.818. The molecule has 5 nitrogen and oxygen atoms in total. The Morgan fingerprint density at radius 3 is 2.00 bits per heavy atom. The number of nitrogens with zero attached hydrogens (tertiary/aromatic N) is 1. The highest BCUT2D eigenvalue weighted by Crippen LogP contribution is 2.06. The van der Waals surface area contributed by atoms with Crippen LogP contribution in [0.3, 0.4) is 0 Å². The van der Waals surface area contributed by atoms with E-state index >= 15 is 0 Å². The van der Waals surface area contributed by atoms with Crippen LogP contribution in [0.1, 0.15) is 40.0 Å². The Labute approximate surface area is 96.8 Å². The van der Waals surface area contributed by atoms with Gasteiger partial charge in [0.15, 0.2) is 0 Å². The van der Waals surface area contributed by atoms with Gasteiger partial charge in [0.1, 0.15) is 6.04 Å². The van der Waals surface area contributed by atoms with Crippen LogP contribution in [0.4, 0.5) is 4.79 Å². The molecule has 0 rings (SSSR count). The highest BCUT2D eigenvalue weighted by molar-refractivity contribution is 5.82. The van der Waals surface area contributed by atoms with Gasteiger partial charge in [-0.05, 0) is 19.3 Å². The summed E-state index contributed by atoms with van der Waals surface area (Å²) in [5.41, 5.74) is 0. The molecule has 0 aromatic rings. The molecule has 0 aliphatic carbocycles. The van der Waals surface area contributed by atoms with Gasteiger partial charge < -0.3 is 15.3 Å². The Morgan fingerprint density at radius 2 is 1.69 bits per heavy atom. The summed E-state index contributed by atoms with van der Waals surface area (Å²) in [4.78, 5) is 24.1. The molecule has 16 heavy (non-hydrogen) atoms. The van der Waals surface area contributed by atoms with Gasteiger partial charge in [0, 0.05) is 13.1 Å². The first kappa shape index (κ1) is 14.7. The zero-order valence-corrected chi connectivity index (χ0v) is 10.5. The summed E-state index contributed by atoms with van der Waals surface area (Å²) < 4.78 is 0. The van der Waals surface area contributed by atoms with Gasteiger partial charge in [0.05, 0.1) is 0 Å². The molecule has 0 aromatic heterocycles. The van der Waals surface area contributed by atoms with Gasteiger partial charge in [-0.15, -0.1) is 0 Å². The van der Waals surface area contributed by atoms with Crippen molar-refractivity contribution in [3.8, 4) is 0 Å². The normalized spacial score (nSPS) is 12.3. The van der Waals surface area contributed by atoms with Crippen LogP contribution in [0.5, 0.6) is 0 Å². The van der Waals surface area contributed by atoms with E-state index in [-0.39, 0.29) is 12.1 Å². The number of carboxylic acids is 1. The van der Waals surface area contributed by atoms with E-state index in [4.69, 9.17) is 5.11 Å². The molecule has 0 saturated carbocycles. The maximum Gasteiger partial charge on any atom is 0.326 e. The molecule has 0 saturated heterocycles. The van der Waals surface area contributed by atoms with E-state index in [1.54, 1.807) is 18.9 Å². The summed E-state index contributed by atoms with van der Waals surface area (Å²) in [6.45, 7) is 5.75. The van der Waals surface area contributed by atoms with E-state index < -0.39 is 12.0 Å². The van der Waals surface area contributed by atoms with E-state index in [2.05, 4.69) is 5.32 Å². The molecule has 1 unspecified atom stereocenters. The highest BCUT2D eigenvalue weighted by atomic mass is 16.4. The number of hydrogen-bond acceptors (Lipinski definition) is 2. The number of nitrogens with one attached hydrogen (secondary N) is 1. The van der Waals surface area contributed by atoms with Crippen molar-refractivity contribution in [3.05, 3.63) is 0 Å². The second kappa shape index (κ2) is 7.09. The zero-order valence-electron chi connectivity index (χ0n) is 10.5. The van der Waals surface area contributed by atoms with Crippen molar-refractivity contribution in [3.63, 3.8) is 0 Å². The van der Waals surface area contributed by atoms with Crippen LogP contribution in [0.25, 0.3) is 0 Å². The first-order valence-electron chi connectivity index (χ1n) is 5.73. The predicted molar refractivity (Wildman–Crippen MR) is 62.4 cm³/mol. The summed E-state index contributed by atoms with van der Waals surface area (Å²) in [6.07, 6.45) is 2.12. The predicted octanol–water partition coefficient (Wildman–Crippen LogP) is 1.68. The smallest absolute Gasteiger partial charge is 0.326 e. The summed E-state index contributed by atoms with van der Waals surface area (Å²) in [6, 6.07) is -0.960. The molecule has 0 aliphatic rings. The Bertz CT molecular complexity index is 239. The third kappa shape index (κ3) is 4.08. The summed E-state index contributed by atoms with van der Waals surface area (Å²) in [5.74, 6) is -0.992. The molecule has 2 N–H and O–H groups in total. The molecule has 0 aromatic carbocycles. The molecule has 94 valence electrons. The molecular formula is C11H22N2O3. The van der Waals surface area contributed by atoms with Gasteiger partial charge in [-0.2, -0.15) is 0 Å². The number of carbonyl (C=O) groups excluding carboxylic acids is 1. The molecular weight excluding hydrogens is 208 g/mol. The van der Waals surface area contributed by atoms with Crippen molar-refractivity contribution in [2.45, 2.75) is 52.1 Å².